The van der Waals surface area contributed by atoms with Crippen LogP contribution in [-0.4, -0.2) is 109 Å². The molecule has 14 heteroatoms. The molecule has 5 aliphatic rings. The smallest absolute Gasteiger partial charge is 0.310 e. The molecule has 14 nitrogen and oxygen atoms in total. The number of rotatable bonds is 15. The summed E-state index contributed by atoms with van der Waals surface area (Å²) in [5.41, 5.74) is 9.49. The van der Waals surface area contributed by atoms with Crippen LogP contribution in [0.3, 0.4) is 0 Å². The number of carbonyl (C=O) groups is 3. The Morgan fingerprint density at radius 3 is 2.21 bits per heavy atom. The van der Waals surface area contributed by atoms with E-state index in [0.717, 1.165) is 28.7 Å². The van der Waals surface area contributed by atoms with Gasteiger partial charge in [-0.3, -0.25) is 19.3 Å². The number of aliphatic hydroxyl groups is 3. The van der Waals surface area contributed by atoms with Gasteiger partial charge in [-0.1, -0.05) is 13.8 Å². The predicted octanol–water partition coefficient (Wildman–Crippen LogP) is 4.19. The second-order valence-corrected chi connectivity index (χ2v) is 14.3. The van der Waals surface area contributed by atoms with Crippen molar-refractivity contribution in [2.75, 3.05) is 53.6 Å². The number of allylic oxidation sites excluding steroid dienone is 10. The number of ether oxygens (including phenoxy) is 2. The minimum atomic E-state index is -0.533. The highest BCUT2D eigenvalue weighted by molar-refractivity contribution is 6.32. The molecule has 56 heavy (non-hydrogen) atoms. The van der Waals surface area contributed by atoms with Crippen LogP contribution in [0.5, 0.6) is 0 Å². The van der Waals surface area contributed by atoms with Gasteiger partial charge >= 0.3 is 11.9 Å². The first-order chi connectivity index (χ1) is 26.9. The normalized spacial score (nSPS) is 21.3. The Kier molecular flexibility index (Phi) is 14.0. The minimum Gasteiger partial charge on any atom is -0.515 e. The fourth-order valence-electron chi connectivity index (χ4n) is 7.76. The number of methoxy groups -OCH3 is 2. The number of fused-ring (bicyclic) bond motifs is 5. The summed E-state index contributed by atoms with van der Waals surface area (Å²) in [5, 5.41) is 35.9. The summed E-state index contributed by atoms with van der Waals surface area (Å²) in [6, 6.07) is 0. The number of aliphatic imine (C=N–C) groups is 3. The molecule has 1 fully saturated rings. The molecule has 0 spiro atoms. The zero-order valence-corrected chi connectivity index (χ0v) is 33.4. The monoisotopic (exact) mass is 770 g/mol. The lowest BCUT2D eigenvalue weighted by Crippen LogP contribution is -2.35. The van der Waals surface area contributed by atoms with E-state index in [1.807, 2.05) is 57.7 Å². The lowest BCUT2D eigenvalue weighted by atomic mass is 9.84. The van der Waals surface area contributed by atoms with Gasteiger partial charge in [0.2, 0.25) is 0 Å². The Bertz CT molecular complexity index is 2000. The van der Waals surface area contributed by atoms with E-state index < -0.39 is 5.97 Å². The molecule has 5 heterocycles. The average molecular weight is 771 g/mol. The summed E-state index contributed by atoms with van der Waals surface area (Å²) < 4.78 is 10.2. The van der Waals surface area contributed by atoms with Gasteiger partial charge in [0.1, 0.15) is 0 Å². The molecule has 1 amide bonds. The first-order valence-corrected chi connectivity index (χ1v) is 19.2. The van der Waals surface area contributed by atoms with E-state index in [4.69, 9.17) is 24.5 Å². The van der Waals surface area contributed by atoms with Gasteiger partial charge in [-0.05, 0) is 87.1 Å². The van der Waals surface area contributed by atoms with Crippen LogP contribution in [0.4, 0.5) is 0 Å². The molecule has 5 aliphatic heterocycles. The number of nitrogens with zero attached hydrogens (tertiary/aromatic N) is 4. The summed E-state index contributed by atoms with van der Waals surface area (Å²) >= 11 is 0. The van der Waals surface area contributed by atoms with E-state index >= 15 is 0 Å². The van der Waals surface area contributed by atoms with Crippen molar-refractivity contribution in [3.05, 3.63) is 92.0 Å². The zero-order valence-electron chi connectivity index (χ0n) is 33.4. The molecule has 0 aromatic carbocycles. The molecule has 0 aromatic rings. The first kappa shape index (κ1) is 42.0. The second kappa shape index (κ2) is 18.6. The Labute approximate surface area is 328 Å². The van der Waals surface area contributed by atoms with E-state index in [2.05, 4.69) is 10.6 Å². The Morgan fingerprint density at radius 1 is 0.893 bits per heavy atom. The number of amides is 1. The molecular formula is C42H54N6O8. The van der Waals surface area contributed by atoms with Crippen LogP contribution in [0, 0.1) is 11.8 Å². The number of hydrogen-bond donors (Lipinski definition) is 5. The standard InChI is InChI=1S/C42H54N6O8/c1-8-27-23(2)32-20-36-30(22-51)25(4)31(45-36)19-33-24(3)28(10-11-37(52)55-6)40(46-33)29(18-38(53)56-7)41-39(26(5)34(47-41)21-35(27)44-32)42(54)43-12-9-13-48(14-16-49)15-17-50/h19-22,24,28,46,49-51H,8-18H2,1-7H3,(H,43,54). The van der Waals surface area contributed by atoms with Gasteiger partial charge in [0.15, 0.2) is 0 Å². The number of carbonyl (C=O) groups excluding carboxylic acids is 3. The van der Waals surface area contributed by atoms with Crippen LogP contribution < -0.4 is 10.6 Å². The lowest BCUT2D eigenvalue weighted by Gasteiger charge is -2.21. The van der Waals surface area contributed by atoms with E-state index in [0.29, 0.717) is 108 Å². The molecule has 300 valence electrons. The van der Waals surface area contributed by atoms with Gasteiger partial charge in [-0.25, -0.2) is 15.0 Å². The topological polar surface area (TPSA) is 195 Å². The largest absolute Gasteiger partial charge is 0.515 e. The van der Waals surface area contributed by atoms with E-state index in [-0.39, 0.29) is 49.8 Å². The molecule has 5 N–H and O–H groups in total. The summed E-state index contributed by atoms with van der Waals surface area (Å²) in [5.74, 6) is -1.80. The highest BCUT2D eigenvalue weighted by atomic mass is 16.5. The number of hydrogen-bond acceptors (Lipinski definition) is 13. The molecule has 8 bridgehead atoms. The molecule has 0 radical (unpaired) electrons. The van der Waals surface area contributed by atoms with Gasteiger partial charge in [0.05, 0.1) is 79.9 Å². The van der Waals surface area contributed by atoms with Gasteiger partial charge < -0.3 is 35.4 Å². The first-order valence-electron chi connectivity index (χ1n) is 19.2. The summed E-state index contributed by atoms with van der Waals surface area (Å²) in [6.45, 7) is 11.4. The number of aliphatic hydroxyl groups excluding tert-OH is 3. The van der Waals surface area contributed by atoms with Crippen LogP contribution in [-0.2, 0) is 23.9 Å². The number of esters is 2. The third-order valence-corrected chi connectivity index (χ3v) is 11.0. The molecule has 0 saturated carbocycles. The van der Waals surface area contributed by atoms with E-state index in [1.165, 1.54) is 14.2 Å². The summed E-state index contributed by atoms with van der Waals surface area (Å²) in [7, 11) is 2.65. The second-order valence-electron chi connectivity index (χ2n) is 14.3. The van der Waals surface area contributed by atoms with Crippen LogP contribution in [0.1, 0.15) is 66.7 Å². The van der Waals surface area contributed by atoms with Gasteiger partial charge in [0.25, 0.3) is 5.91 Å². The fraction of sp³-hybridized carbons (Fsp3) is 0.476. The molecule has 0 aromatic heterocycles. The SMILES string of the molecule is CCC1=C(C)C2=CC3=NC(=C(C)C3=CO)C=C3NC(=C(CC(=O)OC)C4=NC(=CC1=N2)C(C)=C4C(=O)NCCCN(CCO)CCO)C(CCC(=O)OC)C3C. The lowest BCUT2D eigenvalue weighted by molar-refractivity contribution is -0.141. The number of nitrogens with one attached hydrogen (secondary N) is 2. The van der Waals surface area contributed by atoms with Crippen LogP contribution in [0.15, 0.2) is 107 Å². The van der Waals surface area contributed by atoms with Crippen LogP contribution in [0.25, 0.3) is 0 Å². The van der Waals surface area contributed by atoms with Crippen molar-refractivity contribution < 1.29 is 39.2 Å². The molecule has 1 saturated heterocycles. The third-order valence-electron chi connectivity index (χ3n) is 11.0. The van der Waals surface area contributed by atoms with Crippen molar-refractivity contribution in [1.82, 2.24) is 15.5 Å². The van der Waals surface area contributed by atoms with E-state index in [1.54, 1.807) is 0 Å². The predicted molar refractivity (Wildman–Crippen MR) is 215 cm³/mol. The van der Waals surface area contributed by atoms with E-state index in [9.17, 15) is 29.7 Å². The van der Waals surface area contributed by atoms with Gasteiger partial charge in [-0.2, -0.15) is 0 Å². The van der Waals surface area contributed by atoms with Crippen LogP contribution >= 0.6 is 0 Å². The minimum absolute atomic E-state index is 0.0433. The maximum absolute atomic E-state index is 14.3. The van der Waals surface area contributed by atoms with Crippen molar-refractivity contribution >= 4 is 35.0 Å². The van der Waals surface area contributed by atoms with Crippen LogP contribution in [0.2, 0.25) is 0 Å². The fourth-order valence-corrected chi connectivity index (χ4v) is 7.76. The van der Waals surface area contributed by atoms with Gasteiger partial charge in [0, 0.05) is 60.4 Å². The molecule has 2 atom stereocenters. The summed E-state index contributed by atoms with van der Waals surface area (Å²) in [6.07, 6.45) is 8.23. The Balaban J connectivity index is 1.73. The van der Waals surface area contributed by atoms with Gasteiger partial charge in [-0.15, -0.1) is 0 Å². The molecule has 0 aliphatic carbocycles. The molecule has 5 rings (SSSR count). The maximum Gasteiger partial charge on any atom is 0.310 e. The average Bonchev–Trinajstić information content (AvgIpc) is 3.87. The molecule has 2 unspecified atom stereocenters. The van der Waals surface area contributed by atoms with Crippen molar-refractivity contribution in [2.45, 2.75) is 66.7 Å². The maximum atomic E-state index is 14.3. The Hall–Kier alpha value is -5.18. The zero-order chi connectivity index (χ0) is 40.7. The highest BCUT2D eigenvalue weighted by Gasteiger charge is 2.40. The van der Waals surface area contributed by atoms with Crippen molar-refractivity contribution in [3.63, 3.8) is 0 Å². The highest BCUT2D eigenvalue weighted by Crippen LogP contribution is 2.43. The summed E-state index contributed by atoms with van der Waals surface area (Å²) in [4.78, 5) is 57.1. The quantitative estimate of drug-likeness (QED) is 0.0916. The molecular weight excluding hydrogens is 716 g/mol. The van der Waals surface area contributed by atoms with Crippen molar-refractivity contribution in [1.29, 1.82) is 0 Å². The van der Waals surface area contributed by atoms with Crippen molar-refractivity contribution in [2.24, 2.45) is 26.8 Å². The Morgan fingerprint density at radius 2 is 1.57 bits per heavy atom. The van der Waals surface area contributed by atoms with Crippen molar-refractivity contribution in [3.8, 4) is 0 Å². The third kappa shape index (κ3) is 8.77.